The van der Waals surface area contributed by atoms with Gasteiger partial charge in [0.15, 0.2) is 5.69 Å². The predicted octanol–water partition coefficient (Wildman–Crippen LogP) is 8.90. The van der Waals surface area contributed by atoms with Crippen LogP contribution in [0.3, 0.4) is 0 Å². The van der Waals surface area contributed by atoms with Gasteiger partial charge in [0.25, 0.3) is 5.91 Å². The van der Waals surface area contributed by atoms with Crippen molar-refractivity contribution in [2.45, 2.75) is 70.4 Å². The lowest BCUT2D eigenvalue weighted by Crippen LogP contribution is -2.36. The first kappa shape index (κ1) is 44.2. The summed E-state index contributed by atoms with van der Waals surface area (Å²) < 4.78 is 93.2. The van der Waals surface area contributed by atoms with Gasteiger partial charge in [-0.1, -0.05) is 91.0 Å². The maximum absolute atomic E-state index is 15.0. The average Bonchev–Trinajstić information content (AvgIpc) is 3.74. The van der Waals surface area contributed by atoms with Gasteiger partial charge in [-0.2, -0.15) is 28.2 Å². The third kappa shape index (κ3) is 11.3. The topological polar surface area (TPSA) is 149 Å². The highest BCUT2D eigenvalue weighted by molar-refractivity contribution is 5.95. The Balaban J connectivity index is 1.29. The van der Waals surface area contributed by atoms with E-state index in [-0.39, 0.29) is 74.4 Å². The molecule has 1 saturated carbocycles. The van der Waals surface area contributed by atoms with Gasteiger partial charge >= 0.3 is 18.2 Å². The number of aliphatic hydroxyl groups is 1. The molecule has 1 aliphatic carbocycles. The molecule has 2 aromatic heterocycles. The fourth-order valence-electron chi connectivity index (χ4n) is 7.41. The molecule has 0 aliphatic heterocycles. The van der Waals surface area contributed by atoms with Crippen LogP contribution in [0.25, 0.3) is 0 Å². The highest BCUT2D eigenvalue weighted by atomic mass is 19.4. The van der Waals surface area contributed by atoms with Crippen LogP contribution in [-0.2, 0) is 37.3 Å². The summed E-state index contributed by atoms with van der Waals surface area (Å²) in [6, 6.07) is 28.4. The number of halogens is 5. The van der Waals surface area contributed by atoms with E-state index < -0.39 is 72.1 Å². The number of aromatic nitrogens is 4. The van der Waals surface area contributed by atoms with E-state index in [0.29, 0.717) is 21.9 Å². The summed E-state index contributed by atoms with van der Waals surface area (Å²) in [5, 5.41) is 25.7. The molecule has 1 fully saturated rings. The zero-order valence-corrected chi connectivity index (χ0v) is 33.6. The molecule has 6 aromatic rings. The molecule has 63 heavy (non-hydrogen) atoms. The van der Waals surface area contributed by atoms with Crippen LogP contribution < -0.4 is 14.2 Å². The van der Waals surface area contributed by atoms with E-state index in [1.165, 1.54) is 0 Å². The lowest BCUT2D eigenvalue weighted by molar-refractivity contribution is -0.147. The number of carboxylic acids is 1. The smallest absolute Gasteiger partial charge is 0.433 e. The van der Waals surface area contributed by atoms with Gasteiger partial charge in [-0.3, -0.25) is 14.3 Å². The van der Waals surface area contributed by atoms with Crippen LogP contribution in [0.4, 0.5) is 22.0 Å². The number of rotatable bonds is 17. The lowest BCUT2D eigenvalue weighted by atomic mass is 9.86. The summed E-state index contributed by atoms with van der Waals surface area (Å²) >= 11 is 0. The van der Waals surface area contributed by atoms with Gasteiger partial charge in [0.1, 0.15) is 43.1 Å². The van der Waals surface area contributed by atoms with Crippen LogP contribution in [0.2, 0.25) is 0 Å². The van der Waals surface area contributed by atoms with Crippen molar-refractivity contribution in [3.05, 3.63) is 166 Å². The monoisotopic (exact) mass is 871 g/mol. The van der Waals surface area contributed by atoms with Gasteiger partial charge in [-0.05, 0) is 60.1 Å². The Kier molecular flexibility index (Phi) is 13.9. The first-order valence-electron chi connectivity index (χ1n) is 20.0. The summed E-state index contributed by atoms with van der Waals surface area (Å²) in [6.07, 6.45) is -5.91. The quantitative estimate of drug-likeness (QED) is 0.0852. The number of aliphatic hydroxyl groups excluding tert-OH is 1. The Morgan fingerprint density at radius 1 is 0.730 bits per heavy atom. The van der Waals surface area contributed by atoms with E-state index in [0.717, 1.165) is 28.8 Å². The van der Waals surface area contributed by atoms with Crippen molar-refractivity contribution in [2.75, 3.05) is 6.54 Å². The minimum atomic E-state index is -5.12. The van der Waals surface area contributed by atoms with Crippen LogP contribution in [-0.4, -0.2) is 53.3 Å². The second kappa shape index (κ2) is 19.9. The number of benzene rings is 4. The number of hydrogen-bond donors (Lipinski definition) is 2. The minimum Gasteiger partial charge on any atom is -0.481 e. The molecule has 2 N–H and O–H groups in total. The second-order valence-electron chi connectivity index (χ2n) is 15.0. The molecule has 17 heteroatoms. The van der Waals surface area contributed by atoms with Crippen molar-refractivity contribution in [2.24, 2.45) is 5.92 Å². The molecule has 7 rings (SSSR count). The number of alkyl halides is 3. The summed E-state index contributed by atoms with van der Waals surface area (Å²) in [4.78, 5) is 35.9. The molecular formula is C46H42F5N5O7. The van der Waals surface area contributed by atoms with E-state index >= 15 is 13.2 Å². The Hall–Kier alpha value is -6.88. The number of nitrogens with zero attached hydrogens (tertiary/aromatic N) is 5. The van der Waals surface area contributed by atoms with Gasteiger partial charge < -0.3 is 29.3 Å². The number of amides is 1. The zero-order valence-electron chi connectivity index (χ0n) is 33.6. The Morgan fingerprint density at radius 2 is 1.22 bits per heavy atom. The molecule has 0 saturated heterocycles. The third-order valence-corrected chi connectivity index (χ3v) is 10.5. The van der Waals surface area contributed by atoms with Crippen molar-refractivity contribution in [3.63, 3.8) is 0 Å². The number of aliphatic carboxylic acids is 1. The largest absolute Gasteiger partial charge is 0.481 e. The highest BCUT2D eigenvalue weighted by Crippen LogP contribution is 2.40. The number of carbonyl (C=O) groups excluding carboxylic acids is 1. The van der Waals surface area contributed by atoms with E-state index in [4.69, 9.17) is 14.2 Å². The number of carboxylic acid groups (broad SMARTS) is 1. The van der Waals surface area contributed by atoms with E-state index in [9.17, 15) is 28.6 Å². The van der Waals surface area contributed by atoms with E-state index in [2.05, 4.69) is 15.1 Å². The second-order valence-corrected chi connectivity index (χ2v) is 15.0. The maximum Gasteiger partial charge on any atom is 0.433 e. The van der Waals surface area contributed by atoms with Crippen molar-refractivity contribution in [1.82, 2.24) is 24.6 Å². The van der Waals surface area contributed by atoms with E-state index in [1.54, 1.807) is 48.5 Å². The Morgan fingerprint density at radius 3 is 1.70 bits per heavy atom. The van der Waals surface area contributed by atoms with Crippen molar-refractivity contribution in [3.8, 4) is 17.8 Å². The fourth-order valence-corrected chi connectivity index (χ4v) is 7.41. The third-order valence-electron chi connectivity index (χ3n) is 10.5. The van der Waals surface area contributed by atoms with Crippen LogP contribution in [0.15, 0.2) is 115 Å². The normalized spacial score (nSPS) is 15.7. The van der Waals surface area contributed by atoms with Crippen molar-refractivity contribution in [1.29, 1.82) is 0 Å². The summed E-state index contributed by atoms with van der Waals surface area (Å²) in [7, 11) is 0. The molecule has 0 radical (unpaired) electrons. The molecule has 4 aromatic carbocycles. The first-order chi connectivity index (χ1) is 30.3. The van der Waals surface area contributed by atoms with Gasteiger partial charge in [0.05, 0.1) is 30.3 Å². The molecule has 1 unspecified atom stereocenters. The van der Waals surface area contributed by atoms with Gasteiger partial charge in [0, 0.05) is 12.6 Å². The molecule has 0 bridgehead atoms. The van der Waals surface area contributed by atoms with Crippen molar-refractivity contribution >= 4 is 11.9 Å². The number of hydrogen-bond acceptors (Lipinski definition) is 9. The predicted molar refractivity (Wildman–Crippen MR) is 216 cm³/mol. The van der Waals surface area contributed by atoms with Crippen LogP contribution in [0.5, 0.6) is 17.8 Å². The summed E-state index contributed by atoms with van der Waals surface area (Å²) in [5.41, 5.74) is -0.434. The van der Waals surface area contributed by atoms with E-state index in [1.807, 2.05) is 42.5 Å². The summed E-state index contributed by atoms with van der Waals surface area (Å²) in [5.74, 6) is -5.55. The number of carbonyl (C=O) groups is 2. The molecule has 0 spiro atoms. The molecule has 12 nitrogen and oxygen atoms in total. The molecular weight excluding hydrogens is 830 g/mol. The Labute approximate surface area is 358 Å². The standard InChI is InChI=1S/C46H42F5N5O7/c47-34-20-32(21-35(48)22-34)24-55(43(58)37-23-52-56(40(37)46(49,50)51)36-18-16-33(17-19-36)44(59)60)25-38(57)39-41(61-26-29-10-4-1-5-11-29)53-45(63-28-31-14-8-3-9-15-31)54-42(39)62-27-30-12-6-2-7-13-30/h1-15,20-23,33,36,38,57H,16-19,24-28H2,(H,59,60). The SMILES string of the molecule is O=C(O)C1CCC(n2ncc(C(=O)N(Cc3cc(F)cc(F)c3)CC(O)c3c(OCc4ccccc4)nc(OCc4ccccc4)nc3OCc3ccccc3)c2C(F)(F)F)CC1. The zero-order chi connectivity index (χ0) is 44.5. The number of ether oxygens (including phenoxy) is 3. The minimum absolute atomic E-state index is 0.0294. The van der Waals surface area contributed by atoms with Gasteiger partial charge in [-0.15, -0.1) is 0 Å². The van der Waals surface area contributed by atoms with Crippen LogP contribution in [0, 0.1) is 17.6 Å². The Bertz CT molecular complexity index is 2400. The molecule has 1 atom stereocenters. The van der Waals surface area contributed by atoms with Gasteiger partial charge in [-0.25, -0.2) is 8.78 Å². The summed E-state index contributed by atoms with van der Waals surface area (Å²) in [6.45, 7) is -1.60. The van der Waals surface area contributed by atoms with Crippen molar-refractivity contribution < 1.29 is 56.0 Å². The molecule has 1 amide bonds. The average molecular weight is 872 g/mol. The fraction of sp³-hybridized carbons (Fsp3) is 0.283. The molecule has 1 aliphatic rings. The first-order valence-corrected chi connectivity index (χ1v) is 20.0. The van der Waals surface area contributed by atoms with Crippen LogP contribution >= 0.6 is 0 Å². The molecule has 328 valence electrons. The van der Waals surface area contributed by atoms with Crippen LogP contribution in [0.1, 0.15) is 81.7 Å². The maximum atomic E-state index is 15.0. The lowest BCUT2D eigenvalue weighted by Gasteiger charge is -2.29. The highest BCUT2D eigenvalue weighted by Gasteiger charge is 2.43. The van der Waals surface area contributed by atoms with Gasteiger partial charge in [0.2, 0.25) is 11.8 Å². The molecule has 2 heterocycles.